The van der Waals surface area contributed by atoms with Gasteiger partial charge in [0.25, 0.3) is 0 Å². The lowest BCUT2D eigenvalue weighted by atomic mass is 10.1. The van der Waals surface area contributed by atoms with Gasteiger partial charge in [-0.25, -0.2) is 8.42 Å². The van der Waals surface area contributed by atoms with Gasteiger partial charge in [0.15, 0.2) is 9.84 Å². The molecule has 2 rings (SSSR count). The molecule has 1 aromatic heterocycles. The molecule has 0 unspecified atom stereocenters. The number of aromatic nitrogens is 2. The van der Waals surface area contributed by atoms with Crippen LogP contribution in [0.3, 0.4) is 0 Å². The molecule has 0 saturated carbocycles. The Kier molecular flexibility index (Phi) is 5.13. The summed E-state index contributed by atoms with van der Waals surface area (Å²) >= 11 is 0. The van der Waals surface area contributed by atoms with Crippen molar-refractivity contribution in [1.29, 1.82) is 0 Å². The number of rotatable bonds is 5. The van der Waals surface area contributed by atoms with Crippen molar-refractivity contribution in [2.45, 2.75) is 33.4 Å². The van der Waals surface area contributed by atoms with Gasteiger partial charge in [0.1, 0.15) is 5.75 Å². The zero-order valence-corrected chi connectivity index (χ0v) is 15.5. The van der Waals surface area contributed by atoms with Crippen LogP contribution in [0.2, 0.25) is 0 Å². The lowest BCUT2D eigenvalue weighted by Gasteiger charge is -2.08. The average molecular weight is 349 g/mol. The lowest BCUT2D eigenvalue weighted by Crippen LogP contribution is -2.24. The molecular formula is C17H23N3O3S. The monoisotopic (exact) mass is 349 g/mol. The van der Waals surface area contributed by atoms with E-state index in [-0.39, 0.29) is 5.75 Å². The number of amides is 1. The van der Waals surface area contributed by atoms with Gasteiger partial charge in [-0.1, -0.05) is 18.2 Å². The van der Waals surface area contributed by atoms with E-state index in [2.05, 4.69) is 10.4 Å². The van der Waals surface area contributed by atoms with E-state index in [1.807, 2.05) is 32.9 Å². The summed E-state index contributed by atoms with van der Waals surface area (Å²) in [4.78, 5) is 12.1. The summed E-state index contributed by atoms with van der Waals surface area (Å²) in [7, 11) is -1.77. The van der Waals surface area contributed by atoms with Gasteiger partial charge in [-0.3, -0.25) is 9.48 Å². The smallest absolute Gasteiger partial charge is 0.239 e. The Morgan fingerprint density at radius 1 is 1.17 bits per heavy atom. The van der Waals surface area contributed by atoms with Crippen LogP contribution in [0.25, 0.3) is 0 Å². The van der Waals surface area contributed by atoms with Gasteiger partial charge in [-0.2, -0.15) is 5.10 Å². The summed E-state index contributed by atoms with van der Waals surface area (Å²) in [6.07, 6.45) is 0. The first kappa shape index (κ1) is 18.2. The van der Waals surface area contributed by atoms with Crippen LogP contribution in [0, 0.1) is 27.7 Å². The molecule has 0 atom stereocenters. The number of anilines is 1. The number of hydrogen-bond acceptors (Lipinski definition) is 4. The zero-order valence-electron chi connectivity index (χ0n) is 14.7. The summed E-state index contributed by atoms with van der Waals surface area (Å²) in [5.74, 6) is -1.24. The molecule has 0 spiro atoms. The Bertz CT molecular complexity index is 883. The highest BCUT2D eigenvalue weighted by Crippen LogP contribution is 2.19. The van der Waals surface area contributed by atoms with Crippen molar-refractivity contribution < 1.29 is 13.2 Å². The van der Waals surface area contributed by atoms with E-state index in [0.29, 0.717) is 16.9 Å². The maximum Gasteiger partial charge on any atom is 0.239 e. The number of sulfone groups is 1. The van der Waals surface area contributed by atoms with E-state index in [0.717, 1.165) is 16.8 Å². The molecule has 0 aliphatic carbocycles. The highest BCUT2D eigenvalue weighted by molar-refractivity contribution is 7.91. The van der Waals surface area contributed by atoms with E-state index >= 15 is 0 Å². The number of carbonyl (C=O) groups excluding carboxylic acids is 1. The Balaban J connectivity index is 2.08. The molecule has 0 saturated heterocycles. The molecule has 1 N–H and O–H groups in total. The fourth-order valence-corrected chi connectivity index (χ4v) is 3.79. The number of nitrogens with zero attached hydrogens (tertiary/aromatic N) is 2. The number of nitrogens with one attached hydrogen (secondary N) is 1. The quantitative estimate of drug-likeness (QED) is 0.897. The lowest BCUT2D eigenvalue weighted by molar-refractivity contribution is -0.113. The van der Waals surface area contributed by atoms with Crippen molar-refractivity contribution in [1.82, 2.24) is 9.78 Å². The molecule has 24 heavy (non-hydrogen) atoms. The topological polar surface area (TPSA) is 81.1 Å². The molecule has 1 aromatic carbocycles. The highest BCUT2D eigenvalue weighted by Gasteiger charge is 2.20. The minimum absolute atomic E-state index is 0.146. The summed E-state index contributed by atoms with van der Waals surface area (Å²) in [5, 5.41) is 6.86. The average Bonchev–Trinajstić information content (AvgIpc) is 2.68. The summed E-state index contributed by atoms with van der Waals surface area (Å²) in [6, 6.07) is 5.52. The Labute approximate surface area is 142 Å². The third-order valence-corrected chi connectivity index (χ3v) is 5.56. The van der Waals surface area contributed by atoms with Crippen molar-refractivity contribution >= 4 is 21.4 Å². The van der Waals surface area contributed by atoms with Gasteiger partial charge in [-0.05, 0) is 44.4 Å². The Morgan fingerprint density at radius 3 is 2.38 bits per heavy atom. The van der Waals surface area contributed by atoms with Crippen molar-refractivity contribution in [3.05, 3.63) is 46.3 Å². The van der Waals surface area contributed by atoms with Gasteiger partial charge >= 0.3 is 0 Å². The third-order valence-electron chi connectivity index (χ3n) is 4.08. The molecule has 0 bridgehead atoms. The molecule has 7 heteroatoms. The van der Waals surface area contributed by atoms with Crippen molar-refractivity contribution in [3.8, 4) is 0 Å². The van der Waals surface area contributed by atoms with Crippen LogP contribution in [-0.2, 0) is 27.4 Å². The van der Waals surface area contributed by atoms with Gasteiger partial charge in [-0.15, -0.1) is 0 Å². The third kappa shape index (κ3) is 4.23. The van der Waals surface area contributed by atoms with Gasteiger partial charge < -0.3 is 5.32 Å². The molecule has 2 aromatic rings. The second-order valence-corrected chi connectivity index (χ2v) is 8.23. The van der Waals surface area contributed by atoms with Crippen molar-refractivity contribution in [2.75, 3.05) is 11.1 Å². The van der Waals surface area contributed by atoms with Crippen LogP contribution in [0.1, 0.15) is 28.1 Å². The minimum atomic E-state index is -3.54. The SMILES string of the molecule is Cc1ccc(CS(=O)(=O)CC(=O)Nc2c(C)nn(C)c2C)cc1C. The fraction of sp³-hybridized carbons (Fsp3) is 0.412. The van der Waals surface area contributed by atoms with Crippen molar-refractivity contribution in [3.63, 3.8) is 0 Å². The highest BCUT2D eigenvalue weighted by atomic mass is 32.2. The largest absolute Gasteiger partial charge is 0.322 e. The zero-order chi connectivity index (χ0) is 18.1. The summed E-state index contributed by atoms with van der Waals surface area (Å²) in [6.45, 7) is 7.50. The Morgan fingerprint density at radius 2 is 1.83 bits per heavy atom. The fourth-order valence-electron chi connectivity index (χ4n) is 2.53. The van der Waals surface area contributed by atoms with E-state index in [4.69, 9.17) is 0 Å². The summed E-state index contributed by atoms with van der Waals surface area (Å²) < 4.78 is 26.2. The van der Waals surface area contributed by atoms with Crippen LogP contribution in [0.4, 0.5) is 5.69 Å². The van der Waals surface area contributed by atoms with Crippen molar-refractivity contribution in [2.24, 2.45) is 7.05 Å². The second-order valence-electron chi connectivity index (χ2n) is 6.17. The van der Waals surface area contributed by atoms with Gasteiger partial charge in [0.05, 0.1) is 22.8 Å². The second kappa shape index (κ2) is 6.76. The number of hydrogen-bond donors (Lipinski definition) is 1. The van der Waals surface area contributed by atoms with Crippen LogP contribution in [-0.4, -0.2) is 29.9 Å². The number of aryl methyl sites for hydroxylation is 4. The van der Waals surface area contributed by atoms with Crippen LogP contribution < -0.4 is 5.32 Å². The molecular weight excluding hydrogens is 326 g/mol. The normalized spacial score (nSPS) is 11.5. The minimum Gasteiger partial charge on any atom is -0.322 e. The predicted octanol–water partition coefficient (Wildman–Crippen LogP) is 2.21. The molecule has 0 fully saturated rings. The van der Waals surface area contributed by atoms with Crippen LogP contribution >= 0.6 is 0 Å². The first-order valence-electron chi connectivity index (χ1n) is 7.65. The molecule has 1 heterocycles. The standard InChI is InChI=1S/C17H23N3O3S/c1-11-6-7-15(8-12(11)2)9-24(22,23)10-16(21)18-17-13(3)19-20(5)14(17)4/h6-8H,9-10H2,1-5H3,(H,18,21). The predicted molar refractivity (Wildman–Crippen MR) is 94.7 cm³/mol. The molecule has 1 amide bonds. The van der Waals surface area contributed by atoms with Crippen LogP contribution in [0.5, 0.6) is 0 Å². The van der Waals surface area contributed by atoms with Crippen LogP contribution in [0.15, 0.2) is 18.2 Å². The number of benzene rings is 1. The van der Waals surface area contributed by atoms with E-state index < -0.39 is 21.5 Å². The van der Waals surface area contributed by atoms with Gasteiger partial charge in [0, 0.05) is 7.05 Å². The maximum atomic E-state index is 12.3. The first-order chi connectivity index (χ1) is 11.1. The molecule has 0 aliphatic rings. The van der Waals surface area contributed by atoms with Gasteiger partial charge in [0.2, 0.25) is 5.91 Å². The maximum absolute atomic E-state index is 12.3. The first-order valence-corrected chi connectivity index (χ1v) is 9.48. The molecule has 130 valence electrons. The molecule has 6 nitrogen and oxygen atoms in total. The van der Waals surface area contributed by atoms with E-state index in [1.54, 1.807) is 24.7 Å². The number of carbonyl (C=O) groups is 1. The molecule has 0 radical (unpaired) electrons. The van der Waals surface area contributed by atoms with E-state index in [9.17, 15) is 13.2 Å². The Hall–Kier alpha value is -2.15. The van der Waals surface area contributed by atoms with E-state index in [1.165, 1.54) is 0 Å². The molecule has 0 aliphatic heterocycles. The summed E-state index contributed by atoms with van der Waals surface area (Å²) in [5.41, 5.74) is 4.86.